The predicted octanol–water partition coefficient (Wildman–Crippen LogP) is 3.41. The molecule has 0 saturated heterocycles. The molecule has 0 amide bonds. The molecule has 0 saturated carbocycles. The Morgan fingerprint density at radius 1 is 1.26 bits per heavy atom. The minimum Gasteiger partial charge on any atom is -0.379 e. The van der Waals surface area contributed by atoms with E-state index in [4.69, 9.17) is 4.74 Å². The van der Waals surface area contributed by atoms with Gasteiger partial charge in [0.25, 0.3) is 0 Å². The fraction of sp³-hybridized carbons (Fsp3) is 0.625. The highest BCUT2D eigenvalue weighted by Crippen LogP contribution is 2.21. The highest BCUT2D eigenvalue weighted by Gasteiger charge is 2.19. The number of rotatable bonds is 8. The van der Waals surface area contributed by atoms with Crippen molar-refractivity contribution in [2.24, 2.45) is 5.92 Å². The molecule has 108 valence electrons. The van der Waals surface area contributed by atoms with Gasteiger partial charge in [0, 0.05) is 7.11 Å². The Kier molecular flexibility index (Phi) is 6.46. The van der Waals surface area contributed by atoms with E-state index in [0.717, 1.165) is 25.8 Å². The Bertz CT molecular complexity index is 362. The van der Waals surface area contributed by atoms with Crippen molar-refractivity contribution in [2.75, 3.05) is 20.7 Å². The second kappa shape index (κ2) is 7.61. The second-order valence-electron chi connectivity index (χ2n) is 5.76. The first kappa shape index (κ1) is 16.1. The number of benzene rings is 1. The standard InChI is InChI=1S/C16H26FNO/c1-16(2,19-4)10-9-14(12-18-3)11-13-5-7-15(17)8-6-13/h5-8,14,18H,9-12H2,1-4H3. The van der Waals surface area contributed by atoms with Gasteiger partial charge >= 0.3 is 0 Å². The molecule has 0 heterocycles. The van der Waals surface area contributed by atoms with Crippen molar-refractivity contribution >= 4 is 0 Å². The highest BCUT2D eigenvalue weighted by molar-refractivity contribution is 5.16. The van der Waals surface area contributed by atoms with Crippen LogP contribution in [0.3, 0.4) is 0 Å². The summed E-state index contributed by atoms with van der Waals surface area (Å²) < 4.78 is 18.4. The molecule has 0 bridgehead atoms. The zero-order chi connectivity index (χ0) is 14.3. The van der Waals surface area contributed by atoms with Crippen LogP contribution in [0.4, 0.5) is 4.39 Å². The van der Waals surface area contributed by atoms with E-state index in [0.29, 0.717) is 5.92 Å². The summed E-state index contributed by atoms with van der Waals surface area (Å²) in [6.45, 7) is 5.19. The molecule has 1 N–H and O–H groups in total. The number of hydrogen-bond donors (Lipinski definition) is 1. The molecule has 3 heteroatoms. The van der Waals surface area contributed by atoms with Crippen molar-refractivity contribution in [1.82, 2.24) is 5.32 Å². The number of nitrogens with one attached hydrogen (secondary N) is 1. The topological polar surface area (TPSA) is 21.3 Å². The molecule has 0 aromatic heterocycles. The predicted molar refractivity (Wildman–Crippen MR) is 77.8 cm³/mol. The van der Waals surface area contributed by atoms with E-state index in [1.54, 1.807) is 7.11 Å². The van der Waals surface area contributed by atoms with Gasteiger partial charge in [-0.15, -0.1) is 0 Å². The van der Waals surface area contributed by atoms with Gasteiger partial charge in [0.1, 0.15) is 5.82 Å². The number of hydrogen-bond acceptors (Lipinski definition) is 2. The van der Waals surface area contributed by atoms with Gasteiger partial charge in [-0.1, -0.05) is 12.1 Å². The normalized spacial score (nSPS) is 13.5. The van der Waals surface area contributed by atoms with Crippen molar-refractivity contribution in [3.63, 3.8) is 0 Å². The van der Waals surface area contributed by atoms with E-state index in [1.807, 2.05) is 19.2 Å². The van der Waals surface area contributed by atoms with Crippen LogP contribution in [-0.2, 0) is 11.2 Å². The Morgan fingerprint density at radius 3 is 2.42 bits per heavy atom. The van der Waals surface area contributed by atoms with E-state index in [-0.39, 0.29) is 11.4 Å². The van der Waals surface area contributed by atoms with E-state index in [1.165, 1.54) is 17.7 Å². The maximum atomic E-state index is 12.9. The van der Waals surface area contributed by atoms with Crippen molar-refractivity contribution < 1.29 is 9.13 Å². The largest absolute Gasteiger partial charge is 0.379 e. The SMILES string of the molecule is CNCC(CCC(C)(C)OC)Cc1ccc(F)cc1. The summed E-state index contributed by atoms with van der Waals surface area (Å²) in [4.78, 5) is 0. The summed E-state index contributed by atoms with van der Waals surface area (Å²) in [5, 5.41) is 3.24. The Balaban J connectivity index is 2.55. The summed E-state index contributed by atoms with van der Waals surface area (Å²) in [7, 11) is 3.73. The fourth-order valence-corrected chi connectivity index (χ4v) is 2.17. The summed E-state index contributed by atoms with van der Waals surface area (Å²) >= 11 is 0. The van der Waals surface area contributed by atoms with Crippen molar-refractivity contribution in [3.8, 4) is 0 Å². The van der Waals surface area contributed by atoms with Crippen LogP contribution in [0.1, 0.15) is 32.3 Å². The zero-order valence-corrected chi connectivity index (χ0v) is 12.5. The molecule has 0 radical (unpaired) electrons. The molecular weight excluding hydrogens is 241 g/mol. The lowest BCUT2D eigenvalue weighted by Crippen LogP contribution is -2.27. The first-order valence-electron chi connectivity index (χ1n) is 6.91. The quantitative estimate of drug-likeness (QED) is 0.779. The molecule has 1 unspecified atom stereocenters. The van der Waals surface area contributed by atoms with E-state index >= 15 is 0 Å². The van der Waals surface area contributed by atoms with Gasteiger partial charge in [-0.2, -0.15) is 0 Å². The molecule has 2 nitrogen and oxygen atoms in total. The van der Waals surface area contributed by atoms with Gasteiger partial charge in [0.15, 0.2) is 0 Å². The average molecular weight is 267 g/mol. The lowest BCUT2D eigenvalue weighted by molar-refractivity contribution is 0.0104. The number of methoxy groups -OCH3 is 1. The number of ether oxygens (including phenoxy) is 1. The molecular formula is C16H26FNO. The van der Waals surface area contributed by atoms with Crippen LogP contribution < -0.4 is 5.32 Å². The van der Waals surface area contributed by atoms with Gasteiger partial charge in [0.05, 0.1) is 5.60 Å². The van der Waals surface area contributed by atoms with Gasteiger partial charge in [-0.05, 0) is 70.3 Å². The lowest BCUT2D eigenvalue weighted by atomic mass is 9.90. The third kappa shape index (κ3) is 6.17. The maximum Gasteiger partial charge on any atom is 0.123 e. The van der Waals surface area contributed by atoms with Crippen LogP contribution >= 0.6 is 0 Å². The third-order valence-corrected chi connectivity index (χ3v) is 3.64. The van der Waals surface area contributed by atoms with Gasteiger partial charge in [-0.3, -0.25) is 0 Å². The molecule has 0 aliphatic heterocycles. The van der Waals surface area contributed by atoms with E-state index in [2.05, 4.69) is 19.2 Å². The third-order valence-electron chi connectivity index (χ3n) is 3.64. The average Bonchev–Trinajstić information content (AvgIpc) is 2.39. The molecule has 19 heavy (non-hydrogen) atoms. The first-order valence-corrected chi connectivity index (χ1v) is 6.91. The number of halogens is 1. The molecule has 1 atom stereocenters. The molecule has 1 aromatic carbocycles. The van der Waals surface area contributed by atoms with E-state index < -0.39 is 0 Å². The maximum absolute atomic E-state index is 12.9. The smallest absolute Gasteiger partial charge is 0.123 e. The zero-order valence-electron chi connectivity index (χ0n) is 12.5. The molecule has 0 aliphatic rings. The van der Waals surface area contributed by atoms with E-state index in [9.17, 15) is 4.39 Å². The molecule has 0 fully saturated rings. The Hall–Kier alpha value is -0.930. The van der Waals surface area contributed by atoms with Crippen molar-refractivity contribution in [3.05, 3.63) is 35.6 Å². The lowest BCUT2D eigenvalue weighted by Gasteiger charge is -2.26. The monoisotopic (exact) mass is 267 g/mol. The van der Waals surface area contributed by atoms with Gasteiger partial charge in [0.2, 0.25) is 0 Å². The van der Waals surface area contributed by atoms with Crippen LogP contribution in [-0.4, -0.2) is 26.3 Å². The Labute approximate surface area is 116 Å². The summed E-state index contributed by atoms with van der Waals surface area (Å²) in [5.41, 5.74) is 1.12. The summed E-state index contributed by atoms with van der Waals surface area (Å²) in [6, 6.07) is 6.81. The van der Waals surface area contributed by atoms with Crippen LogP contribution in [0, 0.1) is 11.7 Å². The minimum absolute atomic E-state index is 0.0746. The molecule has 1 aromatic rings. The van der Waals surface area contributed by atoms with Crippen LogP contribution in [0.25, 0.3) is 0 Å². The van der Waals surface area contributed by atoms with Crippen molar-refractivity contribution in [1.29, 1.82) is 0 Å². The minimum atomic E-state index is -0.172. The van der Waals surface area contributed by atoms with Gasteiger partial charge < -0.3 is 10.1 Å². The summed E-state index contributed by atoms with van der Waals surface area (Å²) in [5.74, 6) is 0.374. The second-order valence-corrected chi connectivity index (χ2v) is 5.76. The van der Waals surface area contributed by atoms with Crippen LogP contribution in [0.2, 0.25) is 0 Å². The Morgan fingerprint density at radius 2 is 1.89 bits per heavy atom. The van der Waals surface area contributed by atoms with Crippen LogP contribution in [0.15, 0.2) is 24.3 Å². The molecule has 1 rings (SSSR count). The first-order chi connectivity index (χ1) is 8.96. The highest BCUT2D eigenvalue weighted by atomic mass is 19.1. The summed E-state index contributed by atoms with van der Waals surface area (Å²) in [6.07, 6.45) is 3.09. The fourth-order valence-electron chi connectivity index (χ4n) is 2.17. The van der Waals surface area contributed by atoms with Crippen molar-refractivity contribution in [2.45, 2.75) is 38.7 Å². The van der Waals surface area contributed by atoms with Gasteiger partial charge in [-0.25, -0.2) is 4.39 Å². The molecule has 0 spiro atoms. The molecule has 0 aliphatic carbocycles. The van der Waals surface area contributed by atoms with Crippen LogP contribution in [0.5, 0.6) is 0 Å².